The number of nitrogens with zero attached hydrogens (tertiary/aromatic N) is 3. The molecule has 5 heteroatoms. The van der Waals surface area contributed by atoms with Crippen LogP contribution in [0.5, 0.6) is 0 Å². The smallest absolute Gasteiger partial charge is 0.249 e. The molecule has 0 radical (unpaired) electrons. The van der Waals surface area contributed by atoms with Gasteiger partial charge in [-0.15, -0.1) is 5.10 Å². The lowest BCUT2D eigenvalue weighted by Gasteiger charge is -2.10. The van der Waals surface area contributed by atoms with E-state index in [-0.39, 0.29) is 0 Å². The number of hydrogen-bond acceptors (Lipinski definition) is 5. The molecule has 2 aromatic carbocycles. The van der Waals surface area contributed by atoms with Crippen molar-refractivity contribution in [3.8, 4) is 0 Å². The third kappa shape index (κ3) is 3.87. The second-order valence-electron chi connectivity index (χ2n) is 5.87. The number of aromatic nitrogens is 3. The third-order valence-electron chi connectivity index (χ3n) is 4.04. The lowest BCUT2D eigenvalue weighted by atomic mass is 10.1. The Morgan fingerprint density at radius 3 is 2.54 bits per heavy atom. The molecular weight excluding hydrogens is 298 g/mol. The van der Waals surface area contributed by atoms with Gasteiger partial charge in [0.25, 0.3) is 0 Å². The quantitative estimate of drug-likeness (QED) is 0.739. The Morgan fingerprint density at radius 1 is 0.917 bits per heavy atom. The summed E-state index contributed by atoms with van der Waals surface area (Å²) in [6, 6.07) is 14.4. The summed E-state index contributed by atoms with van der Waals surface area (Å²) in [7, 11) is 0. The summed E-state index contributed by atoms with van der Waals surface area (Å²) < 4.78 is 0. The van der Waals surface area contributed by atoms with Gasteiger partial charge in [-0.3, -0.25) is 0 Å². The number of aryl methyl sites for hydroxylation is 3. The summed E-state index contributed by atoms with van der Waals surface area (Å²) >= 11 is 0. The van der Waals surface area contributed by atoms with E-state index < -0.39 is 0 Å². The van der Waals surface area contributed by atoms with E-state index in [9.17, 15) is 0 Å². The average molecular weight is 319 g/mol. The highest BCUT2D eigenvalue weighted by Crippen LogP contribution is 2.18. The third-order valence-corrected chi connectivity index (χ3v) is 4.04. The van der Waals surface area contributed by atoms with Gasteiger partial charge < -0.3 is 10.6 Å². The van der Waals surface area contributed by atoms with E-state index in [4.69, 9.17) is 0 Å². The Morgan fingerprint density at radius 2 is 1.75 bits per heavy atom. The molecule has 1 aromatic heterocycles. The van der Waals surface area contributed by atoms with Crippen LogP contribution in [0.15, 0.2) is 48.7 Å². The molecule has 0 bridgehead atoms. The highest BCUT2D eigenvalue weighted by Gasteiger charge is 2.03. The molecule has 0 aliphatic rings. The highest BCUT2D eigenvalue weighted by molar-refractivity contribution is 5.56. The summed E-state index contributed by atoms with van der Waals surface area (Å²) in [5.74, 6) is 1.17. The first-order valence-electron chi connectivity index (χ1n) is 7.94. The first-order valence-corrected chi connectivity index (χ1v) is 7.94. The maximum atomic E-state index is 4.47. The Kier molecular flexibility index (Phi) is 4.70. The fourth-order valence-electron chi connectivity index (χ4n) is 2.38. The predicted molar refractivity (Wildman–Crippen MR) is 97.5 cm³/mol. The number of hydrogen-bond donors (Lipinski definition) is 2. The van der Waals surface area contributed by atoms with Crippen LogP contribution in [0.2, 0.25) is 0 Å². The topological polar surface area (TPSA) is 62.7 Å². The predicted octanol–water partition coefficient (Wildman–Crippen LogP) is 4.15. The molecule has 0 saturated heterocycles. The van der Waals surface area contributed by atoms with E-state index in [2.05, 4.69) is 70.9 Å². The van der Waals surface area contributed by atoms with Gasteiger partial charge in [0.15, 0.2) is 5.82 Å². The molecule has 0 saturated carbocycles. The molecule has 0 amide bonds. The van der Waals surface area contributed by atoms with Crippen molar-refractivity contribution in [3.63, 3.8) is 0 Å². The average Bonchev–Trinajstić information content (AvgIpc) is 2.58. The first kappa shape index (κ1) is 15.9. The van der Waals surface area contributed by atoms with Gasteiger partial charge in [0.1, 0.15) is 0 Å². The highest BCUT2D eigenvalue weighted by atomic mass is 15.3. The van der Waals surface area contributed by atoms with Crippen molar-refractivity contribution in [2.75, 3.05) is 10.6 Å². The van der Waals surface area contributed by atoms with Gasteiger partial charge in [0.2, 0.25) is 5.95 Å². The Balaban J connectivity index is 1.69. The molecule has 5 nitrogen and oxygen atoms in total. The van der Waals surface area contributed by atoms with Crippen molar-refractivity contribution in [2.45, 2.75) is 27.3 Å². The van der Waals surface area contributed by atoms with Gasteiger partial charge in [0.05, 0.1) is 6.20 Å². The van der Waals surface area contributed by atoms with E-state index in [0.29, 0.717) is 18.3 Å². The molecule has 122 valence electrons. The molecule has 2 N–H and O–H groups in total. The minimum atomic E-state index is 0.480. The second-order valence-corrected chi connectivity index (χ2v) is 5.87. The minimum absolute atomic E-state index is 0.480. The van der Waals surface area contributed by atoms with Gasteiger partial charge >= 0.3 is 0 Å². The van der Waals surface area contributed by atoms with Crippen LogP contribution in [0.1, 0.15) is 22.3 Å². The van der Waals surface area contributed by atoms with Crippen molar-refractivity contribution in [1.29, 1.82) is 0 Å². The van der Waals surface area contributed by atoms with E-state index in [0.717, 1.165) is 5.69 Å². The standard InChI is InChI=1S/C19H21N5/c1-13-8-9-17(10-15(13)3)22-19-23-18(12-21-24-19)20-11-16-7-5-4-6-14(16)2/h4-10,12H,11H2,1-3H3,(H2,20,22,23,24). The van der Waals surface area contributed by atoms with Crippen molar-refractivity contribution < 1.29 is 0 Å². The van der Waals surface area contributed by atoms with Crippen LogP contribution < -0.4 is 10.6 Å². The van der Waals surface area contributed by atoms with Crippen molar-refractivity contribution in [3.05, 3.63) is 70.9 Å². The van der Waals surface area contributed by atoms with Crippen molar-refractivity contribution in [1.82, 2.24) is 15.2 Å². The van der Waals surface area contributed by atoms with Gasteiger partial charge in [-0.2, -0.15) is 10.1 Å². The molecule has 0 unspecified atom stereocenters. The monoisotopic (exact) mass is 319 g/mol. The van der Waals surface area contributed by atoms with E-state index in [1.807, 2.05) is 18.2 Å². The molecule has 24 heavy (non-hydrogen) atoms. The maximum absolute atomic E-state index is 4.47. The summed E-state index contributed by atoms with van der Waals surface area (Å²) in [6.45, 7) is 6.98. The van der Waals surface area contributed by atoms with Crippen LogP contribution in [-0.2, 0) is 6.54 Å². The first-order chi connectivity index (χ1) is 11.6. The van der Waals surface area contributed by atoms with Gasteiger partial charge in [-0.25, -0.2) is 0 Å². The van der Waals surface area contributed by atoms with Crippen molar-refractivity contribution in [2.24, 2.45) is 0 Å². The lowest BCUT2D eigenvalue weighted by molar-refractivity contribution is 0.964. The zero-order valence-electron chi connectivity index (χ0n) is 14.2. The second kappa shape index (κ2) is 7.08. The summed E-state index contributed by atoms with van der Waals surface area (Å²) in [4.78, 5) is 4.47. The summed E-state index contributed by atoms with van der Waals surface area (Å²) in [6.07, 6.45) is 1.63. The van der Waals surface area contributed by atoms with Gasteiger partial charge in [0, 0.05) is 12.2 Å². The lowest BCUT2D eigenvalue weighted by Crippen LogP contribution is -2.06. The molecule has 0 aliphatic carbocycles. The Hall–Kier alpha value is -2.95. The molecule has 1 heterocycles. The molecule has 3 aromatic rings. The summed E-state index contributed by atoms with van der Waals surface area (Å²) in [5, 5.41) is 14.6. The fourth-order valence-corrected chi connectivity index (χ4v) is 2.38. The van der Waals surface area contributed by atoms with Crippen LogP contribution in [0.4, 0.5) is 17.5 Å². The zero-order valence-corrected chi connectivity index (χ0v) is 14.2. The number of rotatable bonds is 5. The number of benzene rings is 2. The van der Waals surface area contributed by atoms with Crippen LogP contribution in [0.3, 0.4) is 0 Å². The van der Waals surface area contributed by atoms with E-state index in [1.165, 1.54) is 22.3 Å². The molecule has 0 aliphatic heterocycles. The van der Waals surface area contributed by atoms with Crippen LogP contribution in [0, 0.1) is 20.8 Å². The summed E-state index contributed by atoms with van der Waals surface area (Å²) in [5.41, 5.74) is 5.92. The largest absolute Gasteiger partial charge is 0.365 e. The van der Waals surface area contributed by atoms with Crippen LogP contribution >= 0.6 is 0 Å². The normalized spacial score (nSPS) is 10.5. The van der Waals surface area contributed by atoms with Gasteiger partial charge in [-0.1, -0.05) is 30.3 Å². The fraction of sp³-hybridized carbons (Fsp3) is 0.211. The zero-order chi connectivity index (χ0) is 16.9. The van der Waals surface area contributed by atoms with Crippen molar-refractivity contribution >= 4 is 17.5 Å². The molecular formula is C19H21N5. The maximum Gasteiger partial charge on any atom is 0.249 e. The van der Waals surface area contributed by atoms with Crippen LogP contribution in [-0.4, -0.2) is 15.2 Å². The Labute approximate surface area is 142 Å². The number of nitrogens with one attached hydrogen (secondary N) is 2. The van der Waals surface area contributed by atoms with Gasteiger partial charge in [-0.05, 0) is 55.2 Å². The minimum Gasteiger partial charge on any atom is -0.365 e. The van der Waals surface area contributed by atoms with Crippen LogP contribution in [0.25, 0.3) is 0 Å². The molecule has 0 fully saturated rings. The van der Waals surface area contributed by atoms with E-state index in [1.54, 1.807) is 6.20 Å². The molecule has 3 rings (SSSR count). The molecule has 0 spiro atoms. The Bertz CT molecular complexity index is 845. The number of anilines is 3. The SMILES string of the molecule is Cc1ccc(Nc2nncc(NCc3ccccc3C)n2)cc1C. The van der Waals surface area contributed by atoms with E-state index >= 15 is 0 Å². The molecule has 0 atom stereocenters.